The highest BCUT2D eigenvalue weighted by Gasteiger charge is 2.29. The van der Waals surface area contributed by atoms with Gasteiger partial charge < -0.3 is 5.32 Å². The van der Waals surface area contributed by atoms with E-state index in [1.165, 1.54) is 5.56 Å². The summed E-state index contributed by atoms with van der Waals surface area (Å²) in [5.41, 5.74) is 5.08. The van der Waals surface area contributed by atoms with Gasteiger partial charge in [0.05, 0.1) is 5.69 Å². The second-order valence-corrected chi connectivity index (χ2v) is 6.79. The topological polar surface area (TPSA) is 61.0 Å². The van der Waals surface area contributed by atoms with Crippen LogP contribution in [0.15, 0.2) is 54.6 Å². The Morgan fingerprint density at radius 3 is 2.62 bits per heavy atom. The van der Waals surface area contributed by atoms with Gasteiger partial charge in [0.2, 0.25) is 0 Å². The highest BCUT2D eigenvalue weighted by Crippen LogP contribution is 2.33. The maximum absolute atomic E-state index is 12.6. The van der Waals surface area contributed by atoms with Crippen LogP contribution in [0, 0.1) is 6.92 Å². The van der Waals surface area contributed by atoms with Crippen molar-refractivity contribution in [3.63, 3.8) is 0 Å². The van der Waals surface area contributed by atoms with Gasteiger partial charge >= 0.3 is 0 Å². The Kier molecular flexibility index (Phi) is 4.31. The lowest BCUT2D eigenvalue weighted by Gasteiger charge is -2.24. The highest BCUT2D eigenvalue weighted by molar-refractivity contribution is 6.05. The normalized spacial score (nSPS) is 14.8. The summed E-state index contributed by atoms with van der Waals surface area (Å²) in [6, 6.07) is 18.3. The molecule has 5 heteroatoms. The third-order valence-electron chi connectivity index (χ3n) is 5.13. The molecular weight excluding hydrogens is 324 g/mol. The third kappa shape index (κ3) is 3.02. The molecule has 1 aliphatic rings. The SMILES string of the molecule is Cc1ccccc1C(=O)Nc1n[nH]c2c1CN(C(C)c1ccccc1)C2. The first-order valence-corrected chi connectivity index (χ1v) is 8.85. The molecule has 1 amide bonds. The number of carbonyl (C=O) groups excluding carboxylic acids is 1. The van der Waals surface area contributed by atoms with Crippen molar-refractivity contribution < 1.29 is 4.79 Å². The van der Waals surface area contributed by atoms with E-state index in [0.717, 1.165) is 29.9 Å². The lowest BCUT2D eigenvalue weighted by molar-refractivity contribution is 0.102. The number of fused-ring (bicyclic) bond motifs is 1. The van der Waals surface area contributed by atoms with Crippen molar-refractivity contribution in [3.8, 4) is 0 Å². The molecule has 4 rings (SSSR count). The summed E-state index contributed by atoms with van der Waals surface area (Å²) in [5, 5.41) is 10.4. The molecule has 0 aliphatic carbocycles. The van der Waals surface area contributed by atoms with Crippen molar-refractivity contribution in [1.82, 2.24) is 15.1 Å². The van der Waals surface area contributed by atoms with Gasteiger partial charge in [0.1, 0.15) is 0 Å². The minimum atomic E-state index is -0.119. The van der Waals surface area contributed by atoms with E-state index in [0.29, 0.717) is 17.4 Å². The number of aryl methyl sites for hydroxylation is 1. The van der Waals surface area contributed by atoms with E-state index in [2.05, 4.69) is 51.6 Å². The molecule has 1 atom stereocenters. The Morgan fingerprint density at radius 2 is 1.85 bits per heavy atom. The minimum absolute atomic E-state index is 0.119. The zero-order valence-electron chi connectivity index (χ0n) is 15.0. The lowest BCUT2D eigenvalue weighted by Crippen LogP contribution is -2.22. The molecule has 0 spiro atoms. The molecule has 5 nitrogen and oxygen atoms in total. The van der Waals surface area contributed by atoms with E-state index < -0.39 is 0 Å². The van der Waals surface area contributed by atoms with Crippen LogP contribution in [0.4, 0.5) is 5.82 Å². The molecule has 132 valence electrons. The van der Waals surface area contributed by atoms with E-state index in [4.69, 9.17) is 0 Å². The number of benzene rings is 2. The van der Waals surface area contributed by atoms with Crippen LogP contribution in [0.3, 0.4) is 0 Å². The van der Waals surface area contributed by atoms with Gasteiger partial charge in [-0.05, 0) is 31.0 Å². The summed E-state index contributed by atoms with van der Waals surface area (Å²) in [6.07, 6.45) is 0. The molecule has 0 saturated heterocycles. The van der Waals surface area contributed by atoms with Crippen molar-refractivity contribution in [1.29, 1.82) is 0 Å². The summed E-state index contributed by atoms with van der Waals surface area (Å²) in [4.78, 5) is 15.0. The molecular formula is C21H22N4O. The van der Waals surface area contributed by atoms with Crippen molar-refractivity contribution in [2.24, 2.45) is 0 Å². The molecule has 0 bridgehead atoms. The summed E-state index contributed by atoms with van der Waals surface area (Å²) in [7, 11) is 0. The Hall–Kier alpha value is -2.92. The van der Waals surface area contributed by atoms with E-state index >= 15 is 0 Å². The van der Waals surface area contributed by atoms with E-state index in [1.807, 2.05) is 37.3 Å². The van der Waals surface area contributed by atoms with Gasteiger partial charge in [0, 0.05) is 30.3 Å². The Morgan fingerprint density at radius 1 is 1.12 bits per heavy atom. The van der Waals surface area contributed by atoms with Crippen LogP contribution in [0.25, 0.3) is 0 Å². The number of H-pyrrole nitrogens is 1. The number of hydrogen-bond acceptors (Lipinski definition) is 3. The first kappa shape index (κ1) is 16.5. The highest BCUT2D eigenvalue weighted by atomic mass is 16.1. The van der Waals surface area contributed by atoms with Crippen LogP contribution in [0.5, 0.6) is 0 Å². The van der Waals surface area contributed by atoms with Gasteiger partial charge in [-0.15, -0.1) is 0 Å². The number of amides is 1. The fraction of sp³-hybridized carbons (Fsp3) is 0.238. The quantitative estimate of drug-likeness (QED) is 0.749. The fourth-order valence-corrected chi connectivity index (χ4v) is 3.49. The number of nitrogens with one attached hydrogen (secondary N) is 2. The number of hydrogen-bond donors (Lipinski definition) is 2. The number of carbonyl (C=O) groups is 1. The number of rotatable bonds is 4. The summed E-state index contributed by atoms with van der Waals surface area (Å²) in [6.45, 7) is 5.72. The maximum Gasteiger partial charge on any atom is 0.257 e. The Labute approximate surface area is 153 Å². The molecule has 2 heterocycles. The third-order valence-corrected chi connectivity index (χ3v) is 5.13. The molecule has 0 fully saturated rings. The van der Waals surface area contributed by atoms with Crippen LogP contribution in [-0.4, -0.2) is 21.0 Å². The van der Waals surface area contributed by atoms with E-state index in [9.17, 15) is 4.79 Å². The monoisotopic (exact) mass is 346 g/mol. The second-order valence-electron chi connectivity index (χ2n) is 6.79. The lowest BCUT2D eigenvalue weighted by atomic mass is 10.1. The largest absolute Gasteiger partial charge is 0.305 e. The smallest absolute Gasteiger partial charge is 0.257 e. The van der Waals surface area contributed by atoms with Crippen molar-refractivity contribution in [3.05, 3.63) is 82.5 Å². The predicted molar refractivity (Wildman–Crippen MR) is 102 cm³/mol. The average Bonchev–Trinajstić information content (AvgIpc) is 3.24. The zero-order chi connectivity index (χ0) is 18.1. The average molecular weight is 346 g/mol. The number of aromatic amines is 1. The first-order valence-electron chi connectivity index (χ1n) is 8.85. The predicted octanol–water partition coefficient (Wildman–Crippen LogP) is 4.05. The van der Waals surface area contributed by atoms with Crippen molar-refractivity contribution in [2.75, 3.05) is 5.32 Å². The minimum Gasteiger partial charge on any atom is -0.305 e. The van der Waals surface area contributed by atoms with Gasteiger partial charge in [-0.3, -0.25) is 14.8 Å². The van der Waals surface area contributed by atoms with Gasteiger partial charge in [-0.1, -0.05) is 48.5 Å². The standard InChI is InChI=1S/C21H22N4O/c1-14-8-6-7-11-17(14)21(26)22-20-18-12-25(13-19(18)23-24-20)15(2)16-9-4-3-5-10-16/h3-11,15H,12-13H2,1-2H3,(H2,22,23,24,26). The summed E-state index contributed by atoms with van der Waals surface area (Å²) >= 11 is 0. The molecule has 1 aromatic heterocycles. The molecule has 26 heavy (non-hydrogen) atoms. The van der Waals surface area contributed by atoms with Gasteiger partial charge in [0.15, 0.2) is 5.82 Å². The number of nitrogens with zero attached hydrogens (tertiary/aromatic N) is 2. The van der Waals surface area contributed by atoms with E-state index in [-0.39, 0.29) is 5.91 Å². The van der Waals surface area contributed by atoms with Crippen molar-refractivity contribution in [2.45, 2.75) is 33.0 Å². The molecule has 1 aliphatic heterocycles. The Bertz CT molecular complexity index is 932. The molecule has 0 radical (unpaired) electrons. The first-order chi connectivity index (χ1) is 12.6. The number of anilines is 1. The van der Waals surface area contributed by atoms with Gasteiger partial charge in [-0.25, -0.2) is 0 Å². The van der Waals surface area contributed by atoms with Crippen LogP contribution < -0.4 is 5.32 Å². The van der Waals surface area contributed by atoms with Crippen LogP contribution in [-0.2, 0) is 13.1 Å². The second kappa shape index (κ2) is 6.77. The van der Waals surface area contributed by atoms with E-state index in [1.54, 1.807) is 0 Å². The van der Waals surface area contributed by atoms with Crippen LogP contribution in [0.1, 0.15) is 45.7 Å². The molecule has 0 saturated carbocycles. The van der Waals surface area contributed by atoms with Crippen LogP contribution in [0.2, 0.25) is 0 Å². The van der Waals surface area contributed by atoms with Crippen molar-refractivity contribution >= 4 is 11.7 Å². The zero-order valence-corrected chi connectivity index (χ0v) is 15.0. The molecule has 2 N–H and O–H groups in total. The molecule has 1 unspecified atom stereocenters. The summed E-state index contributed by atoms with van der Waals surface area (Å²) < 4.78 is 0. The van der Waals surface area contributed by atoms with Gasteiger partial charge in [0.25, 0.3) is 5.91 Å². The summed E-state index contributed by atoms with van der Waals surface area (Å²) in [5.74, 6) is 0.517. The van der Waals surface area contributed by atoms with Gasteiger partial charge in [-0.2, -0.15) is 5.10 Å². The molecule has 2 aromatic carbocycles. The Balaban J connectivity index is 1.50. The number of aromatic nitrogens is 2. The fourth-order valence-electron chi connectivity index (χ4n) is 3.49. The maximum atomic E-state index is 12.6. The van der Waals surface area contributed by atoms with Crippen LogP contribution >= 0.6 is 0 Å². The molecule has 3 aromatic rings.